The Morgan fingerprint density at radius 2 is 1.91 bits per heavy atom. The third kappa shape index (κ3) is 3.95. The van der Waals surface area contributed by atoms with Crippen LogP contribution in [0.3, 0.4) is 0 Å². The molecule has 11 nitrogen and oxygen atoms in total. The number of aromatic nitrogens is 4. The molecule has 1 atom stereocenters. The van der Waals surface area contributed by atoms with Crippen molar-refractivity contribution >= 4 is 40.1 Å². The first-order chi connectivity index (χ1) is 16.4. The van der Waals surface area contributed by atoms with Gasteiger partial charge in [-0.1, -0.05) is 17.7 Å². The molecule has 0 bridgehead atoms. The Morgan fingerprint density at radius 1 is 1.18 bits per heavy atom. The van der Waals surface area contributed by atoms with Crippen LogP contribution in [0.2, 0.25) is 5.02 Å². The fourth-order valence-electron chi connectivity index (χ4n) is 4.35. The lowest BCUT2D eigenvalue weighted by Crippen LogP contribution is -2.54. The second-order valence-electron chi connectivity index (χ2n) is 8.74. The van der Waals surface area contributed by atoms with Gasteiger partial charge in [-0.25, -0.2) is 9.66 Å². The molecule has 34 heavy (non-hydrogen) atoms. The number of nitrogens with one attached hydrogen (secondary N) is 1. The van der Waals surface area contributed by atoms with Crippen LogP contribution in [0.25, 0.3) is 10.9 Å². The Labute approximate surface area is 200 Å². The van der Waals surface area contributed by atoms with Gasteiger partial charge in [0.15, 0.2) is 11.6 Å². The number of nitrogen functional groups attached to an aromatic ring is 2. The molecule has 0 radical (unpaired) electrons. The summed E-state index contributed by atoms with van der Waals surface area (Å²) in [6, 6.07) is 6.92. The van der Waals surface area contributed by atoms with Gasteiger partial charge in [0.1, 0.15) is 17.5 Å². The van der Waals surface area contributed by atoms with Crippen molar-refractivity contribution in [3.8, 4) is 6.07 Å². The fraction of sp³-hybridized carbons (Fsp3) is 0.409. The predicted molar refractivity (Wildman–Crippen MR) is 131 cm³/mol. The molecule has 5 rings (SSSR count). The maximum atomic E-state index is 13.8. The number of rotatable bonds is 5. The Morgan fingerprint density at radius 3 is 2.59 bits per heavy atom. The minimum Gasteiger partial charge on any atom is -0.382 e. The van der Waals surface area contributed by atoms with E-state index in [9.17, 15) is 10.1 Å². The quantitative estimate of drug-likeness (QED) is 0.486. The molecule has 176 valence electrons. The first kappa shape index (κ1) is 22.2. The number of benzene rings is 1. The normalized spacial score (nSPS) is 17.5. The highest BCUT2D eigenvalue weighted by molar-refractivity contribution is 6.35. The van der Waals surface area contributed by atoms with Gasteiger partial charge in [-0.05, 0) is 37.9 Å². The van der Waals surface area contributed by atoms with Crippen molar-refractivity contribution < 1.29 is 0 Å². The van der Waals surface area contributed by atoms with Gasteiger partial charge in [0, 0.05) is 26.2 Å². The third-order valence-corrected chi connectivity index (χ3v) is 6.66. The summed E-state index contributed by atoms with van der Waals surface area (Å²) in [6.45, 7) is 2.95. The maximum Gasteiger partial charge on any atom is 0.281 e. The summed E-state index contributed by atoms with van der Waals surface area (Å²) in [5.74, 6) is 0.942. The number of halogens is 1. The van der Waals surface area contributed by atoms with E-state index < -0.39 is 6.04 Å². The number of fused-ring (bicyclic) bond motifs is 1. The molecule has 3 aromatic rings. The highest BCUT2D eigenvalue weighted by Gasteiger charge is 2.38. The highest BCUT2D eigenvalue weighted by atomic mass is 35.5. The fourth-order valence-corrected chi connectivity index (χ4v) is 4.60. The van der Waals surface area contributed by atoms with E-state index in [1.807, 2.05) is 11.1 Å². The molecule has 12 heteroatoms. The number of piperazine rings is 1. The van der Waals surface area contributed by atoms with Crippen LogP contribution in [-0.4, -0.2) is 57.8 Å². The molecule has 2 aromatic heterocycles. The highest BCUT2D eigenvalue weighted by Crippen LogP contribution is 2.43. The van der Waals surface area contributed by atoms with Gasteiger partial charge in [0.25, 0.3) is 5.56 Å². The zero-order chi connectivity index (χ0) is 24.0. The lowest BCUT2D eigenvalue weighted by molar-refractivity contribution is 0.281. The largest absolute Gasteiger partial charge is 0.382 e. The number of nitrogens with zero attached hydrogens (tertiary/aromatic N) is 7. The van der Waals surface area contributed by atoms with Crippen LogP contribution < -0.4 is 27.4 Å². The zero-order valence-corrected chi connectivity index (χ0v) is 19.5. The topological polar surface area (TPSA) is 155 Å². The van der Waals surface area contributed by atoms with E-state index >= 15 is 0 Å². The van der Waals surface area contributed by atoms with Crippen LogP contribution >= 0.6 is 11.6 Å². The van der Waals surface area contributed by atoms with E-state index in [-0.39, 0.29) is 34.6 Å². The Hall–Kier alpha value is -3.62. The Balaban J connectivity index is 1.69. The van der Waals surface area contributed by atoms with Crippen molar-refractivity contribution in [3.63, 3.8) is 0 Å². The average molecular weight is 481 g/mol. The summed E-state index contributed by atoms with van der Waals surface area (Å²) in [5.41, 5.74) is 12.1. The monoisotopic (exact) mass is 480 g/mol. The van der Waals surface area contributed by atoms with Crippen molar-refractivity contribution in [1.29, 1.82) is 5.26 Å². The van der Waals surface area contributed by atoms with E-state index in [4.69, 9.17) is 28.1 Å². The minimum atomic E-state index is -0.392. The second-order valence-corrected chi connectivity index (χ2v) is 9.15. The molecular formula is C22H25ClN10O. The smallest absolute Gasteiger partial charge is 0.281 e. The lowest BCUT2D eigenvalue weighted by Gasteiger charge is -2.37. The molecule has 5 N–H and O–H groups in total. The van der Waals surface area contributed by atoms with E-state index in [1.165, 1.54) is 0 Å². The molecule has 1 aliphatic heterocycles. The molecular weight excluding hydrogens is 456 g/mol. The van der Waals surface area contributed by atoms with Gasteiger partial charge in [-0.15, -0.1) is 0 Å². The van der Waals surface area contributed by atoms with Gasteiger partial charge in [0.05, 0.1) is 22.0 Å². The first-order valence-electron chi connectivity index (χ1n) is 11.1. The van der Waals surface area contributed by atoms with Crippen LogP contribution in [0, 0.1) is 17.2 Å². The van der Waals surface area contributed by atoms with Crippen LogP contribution in [-0.2, 0) is 0 Å². The number of nitriles is 1. The SMILES string of the molecule is CN1CCN(n2c([C@H](Nc3nc(N)nc(N)c3C#N)C3CC3)nc3cccc(Cl)c3c2=O)CC1. The van der Waals surface area contributed by atoms with Crippen LogP contribution in [0.15, 0.2) is 23.0 Å². The number of hydrogen-bond acceptors (Lipinski definition) is 10. The first-order valence-corrected chi connectivity index (χ1v) is 11.5. The van der Waals surface area contributed by atoms with Crippen LogP contribution in [0.1, 0.15) is 30.3 Å². The molecule has 0 unspecified atom stereocenters. The van der Waals surface area contributed by atoms with Gasteiger partial charge >= 0.3 is 0 Å². The van der Waals surface area contributed by atoms with Crippen molar-refractivity contribution in [2.24, 2.45) is 5.92 Å². The second kappa shape index (κ2) is 8.62. The average Bonchev–Trinajstić information content (AvgIpc) is 3.63. The standard InChI is InChI=1S/C22H25ClN10O/c1-31-7-9-32(10-8-31)33-20(27-15-4-2-3-14(23)16(15)21(33)34)17(12-5-6-12)28-19-13(11-24)18(25)29-22(26)30-19/h2-4,12,17H,5-10H2,1H3,(H5,25,26,28,29,30)/t17-/m1/s1. The molecule has 2 fully saturated rings. The minimum absolute atomic E-state index is 0.00163. The summed E-state index contributed by atoms with van der Waals surface area (Å²) in [5, 5.41) is 15.7. The molecule has 2 aliphatic rings. The van der Waals surface area contributed by atoms with Gasteiger partial charge in [0.2, 0.25) is 5.95 Å². The maximum absolute atomic E-state index is 13.8. The lowest BCUT2D eigenvalue weighted by atomic mass is 10.1. The summed E-state index contributed by atoms with van der Waals surface area (Å²) in [7, 11) is 2.05. The van der Waals surface area contributed by atoms with E-state index in [0.29, 0.717) is 34.8 Å². The van der Waals surface area contributed by atoms with E-state index in [2.05, 4.69) is 27.2 Å². The molecule has 1 saturated carbocycles. The van der Waals surface area contributed by atoms with E-state index in [1.54, 1.807) is 22.9 Å². The van der Waals surface area contributed by atoms with Gasteiger partial charge in [-0.3, -0.25) is 4.79 Å². The molecule has 1 aliphatic carbocycles. The van der Waals surface area contributed by atoms with Gasteiger partial charge in [-0.2, -0.15) is 15.2 Å². The molecule has 3 heterocycles. The van der Waals surface area contributed by atoms with Crippen molar-refractivity contribution in [2.75, 3.05) is 55.0 Å². The summed E-state index contributed by atoms with van der Waals surface area (Å²) >= 11 is 6.43. The number of nitrogens with two attached hydrogens (primary N) is 2. The Bertz CT molecular complexity index is 1350. The molecule has 0 spiro atoms. The van der Waals surface area contributed by atoms with Crippen molar-refractivity contribution in [2.45, 2.75) is 18.9 Å². The molecule has 0 amide bonds. The Kier molecular flexibility index (Phi) is 5.63. The summed E-state index contributed by atoms with van der Waals surface area (Å²) < 4.78 is 1.65. The summed E-state index contributed by atoms with van der Waals surface area (Å²) in [4.78, 5) is 29.1. The number of anilines is 3. The third-order valence-electron chi connectivity index (χ3n) is 6.34. The van der Waals surface area contributed by atoms with E-state index in [0.717, 1.165) is 25.9 Å². The zero-order valence-electron chi connectivity index (χ0n) is 18.7. The predicted octanol–water partition coefficient (Wildman–Crippen LogP) is 1.32. The molecule has 1 saturated heterocycles. The van der Waals surface area contributed by atoms with Crippen molar-refractivity contribution in [1.82, 2.24) is 24.5 Å². The van der Waals surface area contributed by atoms with Crippen molar-refractivity contribution in [3.05, 3.63) is 45.0 Å². The molecule has 1 aromatic carbocycles. The number of likely N-dealkylation sites (N-methyl/N-ethyl adjacent to an activating group) is 1. The number of hydrogen-bond donors (Lipinski definition) is 3. The van der Waals surface area contributed by atoms with Gasteiger partial charge < -0.3 is 26.7 Å². The summed E-state index contributed by atoms with van der Waals surface area (Å²) in [6.07, 6.45) is 1.89. The van der Waals surface area contributed by atoms with Crippen LogP contribution in [0.5, 0.6) is 0 Å². The van der Waals surface area contributed by atoms with Crippen LogP contribution in [0.4, 0.5) is 17.6 Å².